The Bertz CT molecular complexity index is 408. The van der Waals surface area contributed by atoms with Crippen molar-refractivity contribution >= 4 is 17.0 Å². The SMILES string of the molecule is Br.Oc1cc2c(cc1O)C1CCCN1CC2. The molecule has 0 bridgehead atoms. The maximum absolute atomic E-state index is 9.53. The minimum Gasteiger partial charge on any atom is -0.504 e. The highest BCUT2D eigenvalue weighted by Crippen LogP contribution is 2.41. The Hall–Kier alpha value is -0.740. The summed E-state index contributed by atoms with van der Waals surface area (Å²) in [5.74, 6) is 0.0303. The number of hydrogen-bond acceptors (Lipinski definition) is 3. The Balaban J connectivity index is 0.000000963. The quantitative estimate of drug-likeness (QED) is 0.720. The third-order valence-electron chi connectivity index (χ3n) is 3.63. The Labute approximate surface area is 105 Å². The van der Waals surface area contributed by atoms with Crippen molar-refractivity contribution < 1.29 is 10.2 Å². The number of hydrogen-bond donors (Lipinski definition) is 2. The highest BCUT2D eigenvalue weighted by atomic mass is 79.9. The second kappa shape index (κ2) is 4.26. The van der Waals surface area contributed by atoms with Gasteiger partial charge in [-0.2, -0.15) is 0 Å². The number of rotatable bonds is 0. The van der Waals surface area contributed by atoms with Crippen molar-refractivity contribution in [3.63, 3.8) is 0 Å². The van der Waals surface area contributed by atoms with Crippen molar-refractivity contribution in [1.29, 1.82) is 0 Å². The predicted molar refractivity (Wildman–Crippen MR) is 67.3 cm³/mol. The monoisotopic (exact) mass is 285 g/mol. The molecule has 1 aromatic carbocycles. The fourth-order valence-electron chi connectivity index (χ4n) is 2.87. The summed E-state index contributed by atoms with van der Waals surface area (Å²) in [7, 11) is 0. The summed E-state index contributed by atoms with van der Waals surface area (Å²) in [4.78, 5) is 2.47. The van der Waals surface area contributed by atoms with E-state index in [0.29, 0.717) is 6.04 Å². The fraction of sp³-hybridized carbons (Fsp3) is 0.500. The van der Waals surface area contributed by atoms with Gasteiger partial charge in [0.1, 0.15) is 0 Å². The molecular formula is C12H16BrNO2. The van der Waals surface area contributed by atoms with Crippen molar-refractivity contribution in [2.75, 3.05) is 13.1 Å². The highest BCUT2D eigenvalue weighted by molar-refractivity contribution is 8.93. The van der Waals surface area contributed by atoms with Crippen LogP contribution in [0.4, 0.5) is 0 Å². The van der Waals surface area contributed by atoms with Gasteiger partial charge in [0.05, 0.1) is 0 Å². The van der Waals surface area contributed by atoms with E-state index >= 15 is 0 Å². The number of phenolic OH excluding ortho intramolecular Hbond substituents is 2. The standard InChI is InChI=1S/C12H15NO2.BrH/c14-11-6-8-3-5-13-4-1-2-10(13)9(8)7-12(11)15;/h6-7,10,14-15H,1-5H2;1H. The lowest BCUT2D eigenvalue weighted by molar-refractivity contribution is 0.242. The molecule has 0 aliphatic carbocycles. The van der Waals surface area contributed by atoms with Crippen LogP contribution in [0.15, 0.2) is 12.1 Å². The van der Waals surface area contributed by atoms with E-state index in [1.807, 2.05) is 0 Å². The minimum atomic E-state index is 0. The van der Waals surface area contributed by atoms with Gasteiger partial charge in [-0.15, -0.1) is 17.0 Å². The first-order chi connectivity index (χ1) is 7.25. The minimum absolute atomic E-state index is 0. The van der Waals surface area contributed by atoms with Crippen molar-refractivity contribution in [2.24, 2.45) is 0 Å². The Kier molecular flexibility index (Phi) is 3.13. The Morgan fingerprint density at radius 2 is 1.88 bits per heavy atom. The molecule has 1 fully saturated rings. The largest absolute Gasteiger partial charge is 0.504 e. The van der Waals surface area contributed by atoms with E-state index in [1.165, 1.54) is 30.5 Å². The molecule has 1 atom stereocenters. The van der Waals surface area contributed by atoms with Gasteiger partial charge in [0.2, 0.25) is 0 Å². The van der Waals surface area contributed by atoms with Crippen LogP contribution in [-0.4, -0.2) is 28.2 Å². The first-order valence-corrected chi connectivity index (χ1v) is 5.54. The molecule has 0 radical (unpaired) electrons. The lowest BCUT2D eigenvalue weighted by Gasteiger charge is -2.31. The lowest BCUT2D eigenvalue weighted by Crippen LogP contribution is -2.30. The molecule has 0 spiro atoms. The van der Waals surface area contributed by atoms with Crippen LogP contribution >= 0.6 is 17.0 Å². The van der Waals surface area contributed by atoms with Gasteiger partial charge >= 0.3 is 0 Å². The van der Waals surface area contributed by atoms with E-state index in [-0.39, 0.29) is 28.5 Å². The summed E-state index contributed by atoms with van der Waals surface area (Å²) in [5, 5.41) is 19.0. The molecule has 88 valence electrons. The van der Waals surface area contributed by atoms with Gasteiger partial charge in [-0.25, -0.2) is 0 Å². The molecule has 2 aliphatic heterocycles. The van der Waals surface area contributed by atoms with Crippen LogP contribution in [-0.2, 0) is 6.42 Å². The highest BCUT2D eigenvalue weighted by Gasteiger charge is 2.31. The molecule has 3 rings (SSSR count). The molecular weight excluding hydrogens is 270 g/mol. The van der Waals surface area contributed by atoms with E-state index in [2.05, 4.69) is 4.90 Å². The van der Waals surface area contributed by atoms with Gasteiger partial charge in [0, 0.05) is 12.6 Å². The van der Waals surface area contributed by atoms with Crippen LogP contribution in [0.1, 0.15) is 30.0 Å². The molecule has 2 N–H and O–H groups in total. The summed E-state index contributed by atoms with van der Waals surface area (Å²) in [6, 6.07) is 3.94. The molecule has 1 unspecified atom stereocenters. The number of nitrogens with zero attached hydrogens (tertiary/aromatic N) is 1. The van der Waals surface area contributed by atoms with Gasteiger partial charge in [-0.1, -0.05) is 0 Å². The molecule has 2 aliphatic rings. The van der Waals surface area contributed by atoms with Gasteiger partial charge in [-0.05, 0) is 49.1 Å². The summed E-state index contributed by atoms with van der Waals surface area (Å²) in [6.45, 7) is 2.26. The van der Waals surface area contributed by atoms with Crippen LogP contribution in [0.2, 0.25) is 0 Å². The summed E-state index contributed by atoms with van der Waals surface area (Å²) in [6.07, 6.45) is 3.41. The Morgan fingerprint density at radius 3 is 2.69 bits per heavy atom. The molecule has 3 nitrogen and oxygen atoms in total. The second-order valence-electron chi connectivity index (χ2n) is 4.48. The van der Waals surface area contributed by atoms with Crippen molar-refractivity contribution in [2.45, 2.75) is 25.3 Å². The van der Waals surface area contributed by atoms with Gasteiger partial charge < -0.3 is 10.2 Å². The zero-order valence-electron chi connectivity index (χ0n) is 9.02. The van der Waals surface area contributed by atoms with Gasteiger partial charge in [0.25, 0.3) is 0 Å². The van der Waals surface area contributed by atoms with E-state index < -0.39 is 0 Å². The molecule has 4 heteroatoms. The summed E-state index contributed by atoms with van der Waals surface area (Å²) < 4.78 is 0. The fourth-order valence-corrected chi connectivity index (χ4v) is 2.87. The molecule has 0 aromatic heterocycles. The summed E-state index contributed by atoms with van der Waals surface area (Å²) >= 11 is 0. The third-order valence-corrected chi connectivity index (χ3v) is 3.63. The normalized spacial score (nSPS) is 23.4. The van der Waals surface area contributed by atoms with Gasteiger partial charge in [0.15, 0.2) is 11.5 Å². The number of halogens is 1. The lowest BCUT2D eigenvalue weighted by atomic mass is 9.92. The number of aromatic hydroxyl groups is 2. The van der Waals surface area contributed by atoms with E-state index in [4.69, 9.17) is 0 Å². The van der Waals surface area contributed by atoms with E-state index in [1.54, 1.807) is 12.1 Å². The zero-order valence-corrected chi connectivity index (χ0v) is 10.7. The number of fused-ring (bicyclic) bond motifs is 3. The molecule has 1 saturated heterocycles. The average molecular weight is 286 g/mol. The van der Waals surface area contributed by atoms with Crippen LogP contribution in [0.3, 0.4) is 0 Å². The molecule has 0 amide bonds. The molecule has 0 saturated carbocycles. The average Bonchev–Trinajstić information content (AvgIpc) is 2.68. The topological polar surface area (TPSA) is 43.7 Å². The summed E-state index contributed by atoms with van der Waals surface area (Å²) in [5.41, 5.74) is 2.42. The van der Waals surface area contributed by atoms with Crippen LogP contribution < -0.4 is 0 Å². The number of benzene rings is 1. The maximum atomic E-state index is 9.53. The molecule has 16 heavy (non-hydrogen) atoms. The first-order valence-electron chi connectivity index (χ1n) is 5.54. The molecule has 1 aromatic rings. The first kappa shape index (κ1) is 11.7. The Morgan fingerprint density at radius 1 is 1.12 bits per heavy atom. The van der Waals surface area contributed by atoms with Crippen molar-refractivity contribution in [1.82, 2.24) is 4.90 Å². The van der Waals surface area contributed by atoms with Crippen LogP contribution in [0, 0.1) is 0 Å². The smallest absolute Gasteiger partial charge is 0.157 e. The molecule has 2 heterocycles. The second-order valence-corrected chi connectivity index (χ2v) is 4.48. The third kappa shape index (κ3) is 1.70. The van der Waals surface area contributed by atoms with E-state index in [0.717, 1.165) is 13.0 Å². The van der Waals surface area contributed by atoms with Crippen molar-refractivity contribution in [3.8, 4) is 11.5 Å². The van der Waals surface area contributed by atoms with E-state index in [9.17, 15) is 10.2 Å². The van der Waals surface area contributed by atoms with Crippen LogP contribution in [0.25, 0.3) is 0 Å². The number of phenols is 2. The van der Waals surface area contributed by atoms with Crippen LogP contribution in [0.5, 0.6) is 11.5 Å². The zero-order chi connectivity index (χ0) is 10.4. The maximum Gasteiger partial charge on any atom is 0.157 e. The van der Waals surface area contributed by atoms with Gasteiger partial charge in [-0.3, -0.25) is 4.90 Å². The predicted octanol–water partition coefficient (Wildman–Crippen LogP) is 2.37. The van der Waals surface area contributed by atoms with Crippen molar-refractivity contribution in [3.05, 3.63) is 23.3 Å².